The second kappa shape index (κ2) is 5.15. The molecule has 0 atom stereocenters. The molecule has 1 aromatic heterocycles. The SMILES string of the molecule is CC(C)(C)c1c[c]nc(CN2CCOCC2)c1. The molecular formula is C14H21N2O. The minimum atomic E-state index is 0.166. The van der Waals surface area contributed by atoms with E-state index in [-0.39, 0.29) is 5.41 Å². The van der Waals surface area contributed by atoms with Gasteiger partial charge in [-0.1, -0.05) is 20.8 Å². The van der Waals surface area contributed by atoms with Gasteiger partial charge in [-0.2, -0.15) is 0 Å². The summed E-state index contributed by atoms with van der Waals surface area (Å²) in [4.78, 5) is 6.72. The van der Waals surface area contributed by atoms with Gasteiger partial charge in [0.1, 0.15) is 0 Å². The largest absolute Gasteiger partial charge is 0.379 e. The number of nitrogens with zero attached hydrogens (tertiary/aromatic N) is 2. The van der Waals surface area contributed by atoms with Crippen molar-refractivity contribution in [2.75, 3.05) is 26.3 Å². The molecule has 3 heteroatoms. The summed E-state index contributed by atoms with van der Waals surface area (Å²) in [5.74, 6) is 0. The molecule has 1 radical (unpaired) electrons. The summed E-state index contributed by atoms with van der Waals surface area (Å²) in [6.45, 7) is 11.2. The second-order valence-electron chi connectivity index (χ2n) is 5.61. The van der Waals surface area contributed by atoms with Crippen molar-refractivity contribution >= 4 is 0 Å². The summed E-state index contributed by atoms with van der Waals surface area (Å²) in [5.41, 5.74) is 2.58. The first kappa shape index (κ1) is 12.5. The van der Waals surface area contributed by atoms with Crippen LogP contribution in [0, 0.1) is 6.20 Å². The highest BCUT2D eigenvalue weighted by Crippen LogP contribution is 2.22. The molecule has 0 aliphatic carbocycles. The highest BCUT2D eigenvalue weighted by Gasteiger charge is 2.16. The molecule has 3 nitrogen and oxygen atoms in total. The molecule has 2 heterocycles. The molecule has 2 rings (SSSR count). The average molecular weight is 233 g/mol. The second-order valence-corrected chi connectivity index (χ2v) is 5.61. The lowest BCUT2D eigenvalue weighted by Crippen LogP contribution is -2.35. The molecule has 1 aliphatic rings. The van der Waals surface area contributed by atoms with E-state index in [0.29, 0.717) is 0 Å². The van der Waals surface area contributed by atoms with Gasteiger partial charge >= 0.3 is 0 Å². The fraction of sp³-hybridized carbons (Fsp3) is 0.643. The van der Waals surface area contributed by atoms with Crippen molar-refractivity contribution in [2.45, 2.75) is 32.7 Å². The van der Waals surface area contributed by atoms with E-state index in [4.69, 9.17) is 4.74 Å². The molecule has 1 saturated heterocycles. The van der Waals surface area contributed by atoms with Crippen LogP contribution in [-0.2, 0) is 16.7 Å². The standard InChI is InChI=1S/C14H21N2O/c1-14(2,3)12-4-5-15-13(10-12)11-16-6-8-17-9-7-16/h4,10H,6-9,11H2,1-3H3. The van der Waals surface area contributed by atoms with Crippen LogP contribution in [0.5, 0.6) is 0 Å². The van der Waals surface area contributed by atoms with Crippen LogP contribution in [0.25, 0.3) is 0 Å². The molecule has 0 aromatic carbocycles. The van der Waals surface area contributed by atoms with Gasteiger partial charge in [-0.3, -0.25) is 4.90 Å². The minimum Gasteiger partial charge on any atom is -0.379 e. The third kappa shape index (κ3) is 3.51. The van der Waals surface area contributed by atoms with E-state index in [9.17, 15) is 0 Å². The molecule has 1 fully saturated rings. The fourth-order valence-corrected chi connectivity index (χ4v) is 1.94. The lowest BCUT2D eigenvalue weighted by molar-refractivity contribution is 0.0336. The zero-order valence-electron chi connectivity index (χ0n) is 11.0. The van der Waals surface area contributed by atoms with Crippen LogP contribution in [-0.4, -0.2) is 36.2 Å². The zero-order chi connectivity index (χ0) is 12.3. The molecule has 0 amide bonds. The van der Waals surface area contributed by atoms with Crippen molar-refractivity contribution in [3.05, 3.63) is 29.6 Å². The number of rotatable bonds is 2. The summed E-state index contributed by atoms with van der Waals surface area (Å²) >= 11 is 0. The number of pyridine rings is 1. The van der Waals surface area contributed by atoms with Crippen molar-refractivity contribution in [3.8, 4) is 0 Å². The van der Waals surface area contributed by atoms with Crippen LogP contribution in [0.4, 0.5) is 0 Å². The molecule has 1 aromatic rings. The van der Waals surface area contributed by atoms with Gasteiger partial charge in [-0.25, -0.2) is 4.98 Å². The van der Waals surface area contributed by atoms with Crippen molar-refractivity contribution in [1.82, 2.24) is 9.88 Å². The molecule has 17 heavy (non-hydrogen) atoms. The van der Waals surface area contributed by atoms with Gasteiger partial charge in [-0.05, 0) is 23.1 Å². The summed E-state index contributed by atoms with van der Waals surface area (Å²) in [6, 6.07) is 4.19. The van der Waals surface area contributed by atoms with Crippen LogP contribution in [0.1, 0.15) is 32.0 Å². The predicted octanol–water partition coefficient (Wildman–Crippen LogP) is 2.01. The van der Waals surface area contributed by atoms with Gasteiger partial charge in [0.2, 0.25) is 0 Å². The Labute approximate surface area is 104 Å². The predicted molar refractivity (Wildman–Crippen MR) is 67.9 cm³/mol. The molecule has 0 N–H and O–H groups in total. The summed E-state index contributed by atoms with van der Waals surface area (Å²) in [7, 11) is 0. The van der Waals surface area contributed by atoms with E-state index >= 15 is 0 Å². The Kier molecular flexibility index (Phi) is 3.79. The van der Waals surface area contributed by atoms with Crippen LogP contribution < -0.4 is 0 Å². The normalized spacial score (nSPS) is 18.3. The Balaban J connectivity index is 2.05. The first-order valence-corrected chi connectivity index (χ1v) is 6.23. The number of ether oxygens (including phenoxy) is 1. The maximum atomic E-state index is 5.35. The van der Waals surface area contributed by atoms with Crippen molar-refractivity contribution in [2.24, 2.45) is 0 Å². The Morgan fingerprint density at radius 2 is 2.06 bits per heavy atom. The highest BCUT2D eigenvalue weighted by molar-refractivity contribution is 5.23. The van der Waals surface area contributed by atoms with Crippen LogP contribution in [0.2, 0.25) is 0 Å². The van der Waals surface area contributed by atoms with Crippen molar-refractivity contribution < 1.29 is 4.74 Å². The van der Waals surface area contributed by atoms with E-state index in [0.717, 1.165) is 38.5 Å². The monoisotopic (exact) mass is 233 g/mol. The van der Waals surface area contributed by atoms with E-state index in [1.807, 2.05) is 6.07 Å². The van der Waals surface area contributed by atoms with Crippen molar-refractivity contribution in [1.29, 1.82) is 0 Å². The lowest BCUT2D eigenvalue weighted by atomic mass is 9.87. The van der Waals surface area contributed by atoms with E-state index in [1.54, 1.807) is 0 Å². The summed E-state index contributed by atoms with van der Waals surface area (Å²) < 4.78 is 5.35. The smallest absolute Gasteiger partial charge is 0.0893 e. The summed E-state index contributed by atoms with van der Waals surface area (Å²) in [6.07, 6.45) is 3.02. The van der Waals surface area contributed by atoms with Gasteiger partial charge in [0.05, 0.1) is 25.1 Å². The van der Waals surface area contributed by atoms with Crippen LogP contribution in [0.3, 0.4) is 0 Å². The number of morpholine rings is 1. The van der Waals surface area contributed by atoms with Gasteiger partial charge in [0, 0.05) is 19.6 Å². The lowest BCUT2D eigenvalue weighted by Gasteiger charge is -2.26. The number of aromatic nitrogens is 1. The maximum absolute atomic E-state index is 5.35. The third-order valence-electron chi connectivity index (χ3n) is 3.11. The Hall–Kier alpha value is -0.930. The number of hydrogen-bond donors (Lipinski definition) is 0. The zero-order valence-corrected chi connectivity index (χ0v) is 11.0. The topological polar surface area (TPSA) is 25.4 Å². The van der Waals surface area contributed by atoms with E-state index in [2.05, 4.69) is 42.9 Å². The Morgan fingerprint density at radius 1 is 1.35 bits per heavy atom. The molecule has 0 bridgehead atoms. The maximum Gasteiger partial charge on any atom is 0.0893 e. The molecule has 1 aliphatic heterocycles. The average Bonchev–Trinajstić information content (AvgIpc) is 2.29. The van der Waals surface area contributed by atoms with Gasteiger partial charge < -0.3 is 4.74 Å². The molecule has 93 valence electrons. The molecule has 0 spiro atoms. The third-order valence-corrected chi connectivity index (χ3v) is 3.11. The highest BCUT2D eigenvalue weighted by atomic mass is 16.5. The first-order valence-electron chi connectivity index (χ1n) is 6.23. The quantitative estimate of drug-likeness (QED) is 0.781. The summed E-state index contributed by atoms with van der Waals surface area (Å²) in [5, 5.41) is 0. The van der Waals surface area contributed by atoms with Crippen molar-refractivity contribution in [3.63, 3.8) is 0 Å². The Bertz CT molecular complexity index is 365. The van der Waals surface area contributed by atoms with Gasteiger partial charge in [-0.15, -0.1) is 0 Å². The van der Waals surface area contributed by atoms with Crippen LogP contribution >= 0.6 is 0 Å². The van der Waals surface area contributed by atoms with Gasteiger partial charge in [0.25, 0.3) is 0 Å². The first-order chi connectivity index (χ1) is 8.05. The van der Waals surface area contributed by atoms with E-state index in [1.165, 1.54) is 5.56 Å². The minimum absolute atomic E-state index is 0.166. The van der Waals surface area contributed by atoms with Gasteiger partial charge in [0.15, 0.2) is 0 Å². The Morgan fingerprint density at radius 3 is 2.71 bits per heavy atom. The molecular weight excluding hydrogens is 212 g/mol. The molecule has 0 unspecified atom stereocenters. The fourth-order valence-electron chi connectivity index (χ4n) is 1.94. The van der Waals surface area contributed by atoms with Crippen LogP contribution in [0.15, 0.2) is 12.1 Å². The van der Waals surface area contributed by atoms with E-state index < -0.39 is 0 Å². The molecule has 0 saturated carbocycles. The number of hydrogen-bond acceptors (Lipinski definition) is 3.